The minimum Gasteiger partial charge on any atom is -0.481 e. The van der Waals surface area contributed by atoms with Gasteiger partial charge in [-0.15, -0.1) is 0 Å². The number of ether oxygens (including phenoxy) is 4. The highest BCUT2D eigenvalue weighted by Gasteiger charge is 2.21. The van der Waals surface area contributed by atoms with Crippen LogP contribution in [0.4, 0.5) is 5.69 Å². The molecule has 0 spiro atoms. The number of nitrogens with zero attached hydrogens (tertiary/aromatic N) is 2. The molecule has 10 nitrogen and oxygen atoms in total. The highest BCUT2D eigenvalue weighted by atomic mass is 16.7. The van der Waals surface area contributed by atoms with Crippen LogP contribution >= 0.6 is 0 Å². The normalized spacial score (nSPS) is 11.7. The lowest BCUT2D eigenvalue weighted by molar-refractivity contribution is -0.118. The van der Waals surface area contributed by atoms with E-state index < -0.39 is 24.0 Å². The monoisotopic (exact) mass is 451 g/mol. The Bertz CT molecular complexity index is 1270. The number of para-hydroxylation sites is 1. The third-order valence-corrected chi connectivity index (χ3v) is 4.72. The minimum atomic E-state index is -0.772. The van der Waals surface area contributed by atoms with E-state index in [-0.39, 0.29) is 24.8 Å². The number of anilines is 1. The molecule has 0 unspecified atom stereocenters. The average Bonchev–Trinajstić information content (AvgIpc) is 3.26. The van der Waals surface area contributed by atoms with E-state index in [0.29, 0.717) is 22.9 Å². The summed E-state index contributed by atoms with van der Waals surface area (Å²) in [7, 11) is 0. The quantitative estimate of drug-likeness (QED) is 0.545. The highest BCUT2D eigenvalue weighted by Crippen LogP contribution is 2.34. The van der Waals surface area contributed by atoms with Gasteiger partial charge in [-0.2, -0.15) is 9.78 Å². The minimum absolute atomic E-state index is 0.105. The molecule has 1 amide bonds. The molecule has 0 saturated carbocycles. The van der Waals surface area contributed by atoms with Crippen molar-refractivity contribution in [2.24, 2.45) is 0 Å². The molecule has 2 aromatic carbocycles. The van der Waals surface area contributed by atoms with E-state index in [1.165, 1.54) is 0 Å². The van der Waals surface area contributed by atoms with Gasteiger partial charge < -0.3 is 24.3 Å². The molecule has 1 aliphatic heterocycles. The lowest BCUT2D eigenvalue weighted by Crippen LogP contribution is -2.27. The summed E-state index contributed by atoms with van der Waals surface area (Å²) in [6.07, 6.45) is 0. The molecule has 170 valence electrons. The van der Waals surface area contributed by atoms with E-state index in [2.05, 4.69) is 10.4 Å². The fraction of sp³-hybridized carbons (Fsp3) is 0.217. The van der Waals surface area contributed by atoms with Gasteiger partial charge in [0.15, 0.2) is 23.9 Å². The van der Waals surface area contributed by atoms with Crippen LogP contribution < -0.4 is 25.1 Å². The second-order valence-electron chi connectivity index (χ2n) is 7.02. The Labute approximate surface area is 188 Å². The van der Waals surface area contributed by atoms with Crippen LogP contribution in [0.15, 0.2) is 53.3 Å². The first-order valence-electron chi connectivity index (χ1n) is 10.2. The van der Waals surface area contributed by atoms with Crippen LogP contribution in [0.25, 0.3) is 5.69 Å². The molecule has 0 fully saturated rings. The third-order valence-electron chi connectivity index (χ3n) is 4.72. The predicted octanol–water partition coefficient (Wildman–Crippen LogP) is 2.46. The zero-order valence-electron chi connectivity index (χ0n) is 18.0. The fourth-order valence-corrected chi connectivity index (χ4v) is 3.18. The van der Waals surface area contributed by atoms with Crippen molar-refractivity contribution in [2.75, 3.05) is 25.3 Å². The molecule has 0 aliphatic carbocycles. The number of aromatic nitrogens is 2. The fourth-order valence-electron chi connectivity index (χ4n) is 3.18. The van der Waals surface area contributed by atoms with Gasteiger partial charge in [0.1, 0.15) is 0 Å². The van der Waals surface area contributed by atoms with Gasteiger partial charge in [0.05, 0.1) is 18.4 Å². The molecule has 1 aromatic heterocycles. The smallest absolute Gasteiger partial charge is 0.362 e. The van der Waals surface area contributed by atoms with Crippen molar-refractivity contribution in [1.82, 2.24) is 9.78 Å². The Hall–Kier alpha value is -4.34. The maximum atomic E-state index is 12.7. The molecule has 4 rings (SSSR count). The van der Waals surface area contributed by atoms with Crippen LogP contribution in [0.3, 0.4) is 0 Å². The van der Waals surface area contributed by atoms with Gasteiger partial charge >= 0.3 is 5.97 Å². The van der Waals surface area contributed by atoms with Gasteiger partial charge in [-0.25, -0.2) is 4.79 Å². The van der Waals surface area contributed by atoms with Crippen LogP contribution in [0.2, 0.25) is 0 Å². The first kappa shape index (κ1) is 21.9. The van der Waals surface area contributed by atoms with E-state index >= 15 is 0 Å². The van der Waals surface area contributed by atoms with Crippen molar-refractivity contribution in [1.29, 1.82) is 0 Å². The van der Waals surface area contributed by atoms with Crippen LogP contribution in [-0.4, -0.2) is 41.7 Å². The number of carbonyl (C=O) groups excluding carboxylic acids is 2. The van der Waals surface area contributed by atoms with Crippen molar-refractivity contribution in [2.45, 2.75) is 13.8 Å². The van der Waals surface area contributed by atoms with Crippen molar-refractivity contribution < 1.29 is 28.5 Å². The molecule has 3 aromatic rings. The van der Waals surface area contributed by atoms with Crippen molar-refractivity contribution in [3.8, 4) is 22.9 Å². The Kier molecular flexibility index (Phi) is 6.25. The predicted molar refractivity (Wildman–Crippen MR) is 117 cm³/mol. The first-order valence-corrected chi connectivity index (χ1v) is 10.2. The van der Waals surface area contributed by atoms with Crippen LogP contribution in [0, 0.1) is 6.92 Å². The van der Waals surface area contributed by atoms with Crippen LogP contribution in [0.1, 0.15) is 23.0 Å². The molecule has 0 atom stereocenters. The summed E-state index contributed by atoms with van der Waals surface area (Å²) in [5.74, 6) is -0.326. The van der Waals surface area contributed by atoms with Gasteiger partial charge in [0.25, 0.3) is 11.5 Å². The molecule has 0 saturated heterocycles. The molecule has 0 radical (unpaired) electrons. The largest absolute Gasteiger partial charge is 0.481 e. The van der Waals surface area contributed by atoms with Gasteiger partial charge in [-0.05, 0) is 37.6 Å². The summed E-state index contributed by atoms with van der Waals surface area (Å²) < 4.78 is 22.2. The van der Waals surface area contributed by atoms with Crippen LogP contribution in [-0.2, 0) is 9.53 Å². The first-order chi connectivity index (χ1) is 16.0. The van der Waals surface area contributed by atoms with E-state index in [4.69, 9.17) is 18.9 Å². The summed E-state index contributed by atoms with van der Waals surface area (Å²) in [5.41, 5.74) is 1.05. The maximum absolute atomic E-state index is 12.7. The van der Waals surface area contributed by atoms with Crippen molar-refractivity contribution in [3.05, 3.63) is 70.1 Å². The van der Waals surface area contributed by atoms with Crippen molar-refractivity contribution >= 4 is 17.6 Å². The Morgan fingerprint density at radius 2 is 1.91 bits per heavy atom. The second kappa shape index (κ2) is 9.43. The summed E-state index contributed by atoms with van der Waals surface area (Å²) in [5, 5.41) is 6.82. The molecule has 1 N–H and O–H groups in total. The van der Waals surface area contributed by atoms with Gasteiger partial charge in [-0.1, -0.05) is 18.2 Å². The zero-order chi connectivity index (χ0) is 23.4. The molecule has 0 bridgehead atoms. The molecular formula is C23H21N3O7. The Morgan fingerprint density at radius 3 is 2.70 bits per heavy atom. The zero-order valence-corrected chi connectivity index (χ0v) is 18.0. The average molecular weight is 451 g/mol. The third kappa shape index (κ3) is 4.79. The molecule has 2 heterocycles. The number of carbonyl (C=O) groups is 2. The maximum Gasteiger partial charge on any atom is 0.362 e. The van der Waals surface area contributed by atoms with Gasteiger partial charge in [0, 0.05) is 11.8 Å². The second-order valence-corrected chi connectivity index (χ2v) is 7.02. The molecule has 10 heteroatoms. The van der Waals surface area contributed by atoms with E-state index in [9.17, 15) is 14.4 Å². The SMILES string of the molecule is CCOC(=O)c1nn(-c2ccccc2C)c(=O)cc1OCC(=O)Nc1ccc2c(c1)OCO2. The number of esters is 1. The standard InChI is InChI=1S/C23H21N3O7/c1-3-30-23(29)22-19(11-21(28)26(25-22)16-7-5-4-6-14(16)2)31-12-20(27)24-15-8-9-17-18(10-15)33-13-32-17/h4-11H,3,12-13H2,1-2H3,(H,24,27). The lowest BCUT2D eigenvalue weighted by Gasteiger charge is -2.13. The summed E-state index contributed by atoms with van der Waals surface area (Å²) in [6, 6.07) is 13.2. The number of amides is 1. The lowest BCUT2D eigenvalue weighted by atomic mass is 10.2. The molecule has 1 aliphatic rings. The topological polar surface area (TPSA) is 118 Å². The number of hydrogen-bond acceptors (Lipinski definition) is 8. The van der Waals surface area contributed by atoms with Gasteiger partial charge in [0.2, 0.25) is 12.5 Å². The number of rotatable bonds is 7. The number of hydrogen-bond donors (Lipinski definition) is 1. The number of aryl methyl sites for hydroxylation is 1. The number of fused-ring (bicyclic) bond motifs is 1. The van der Waals surface area contributed by atoms with Crippen molar-refractivity contribution in [3.63, 3.8) is 0 Å². The summed E-state index contributed by atoms with van der Waals surface area (Å²) in [4.78, 5) is 37.6. The van der Waals surface area contributed by atoms with E-state index in [0.717, 1.165) is 16.3 Å². The number of nitrogens with one attached hydrogen (secondary N) is 1. The van der Waals surface area contributed by atoms with Gasteiger partial charge in [-0.3, -0.25) is 9.59 Å². The highest BCUT2D eigenvalue weighted by molar-refractivity contribution is 5.93. The molecule has 33 heavy (non-hydrogen) atoms. The summed E-state index contributed by atoms with van der Waals surface area (Å²) >= 11 is 0. The Balaban J connectivity index is 1.55. The van der Waals surface area contributed by atoms with E-state index in [1.54, 1.807) is 37.3 Å². The number of benzene rings is 2. The summed E-state index contributed by atoms with van der Waals surface area (Å²) in [6.45, 7) is 3.23. The van der Waals surface area contributed by atoms with Crippen LogP contribution in [0.5, 0.6) is 17.2 Å². The molecular weight excluding hydrogens is 430 g/mol. The van der Waals surface area contributed by atoms with E-state index in [1.807, 2.05) is 19.1 Å². The Morgan fingerprint density at radius 1 is 1.12 bits per heavy atom.